The molecule has 0 saturated carbocycles. The lowest BCUT2D eigenvalue weighted by molar-refractivity contribution is -0.116. The largest absolute Gasteiger partial charge is 0.508 e. The van der Waals surface area contributed by atoms with Gasteiger partial charge < -0.3 is 15.5 Å². The van der Waals surface area contributed by atoms with E-state index in [0.29, 0.717) is 12.1 Å². The van der Waals surface area contributed by atoms with Gasteiger partial charge in [-0.15, -0.1) is 0 Å². The molecule has 27 heavy (non-hydrogen) atoms. The summed E-state index contributed by atoms with van der Waals surface area (Å²) in [6.45, 7) is 2.26. The van der Waals surface area contributed by atoms with E-state index < -0.39 is 0 Å². The van der Waals surface area contributed by atoms with Gasteiger partial charge in [-0.1, -0.05) is 90.4 Å². The Morgan fingerprint density at radius 3 is 1.74 bits per heavy atom. The van der Waals surface area contributed by atoms with Gasteiger partial charge in [0.1, 0.15) is 11.5 Å². The van der Waals surface area contributed by atoms with E-state index in [4.69, 9.17) is 0 Å². The Morgan fingerprint density at radius 2 is 1.26 bits per heavy atom. The predicted octanol–water partition coefficient (Wildman–Crippen LogP) is 6.91. The number of anilines is 1. The molecule has 1 aromatic carbocycles. The molecule has 0 aliphatic rings. The van der Waals surface area contributed by atoms with Gasteiger partial charge in [0.15, 0.2) is 0 Å². The molecule has 0 fully saturated rings. The summed E-state index contributed by atoms with van der Waals surface area (Å²) < 4.78 is 0. The second kappa shape index (κ2) is 15.4. The monoisotopic (exact) mass is 377 g/mol. The van der Waals surface area contributed by atoms with Gasteiger partial charge in [0.25, 0.3) is 0 Å². The zero-order chi connectivity index (χ0) is 19.7. The Morgan fingerprint density at radius 1 is 0.778 bits per heavy atom. The number of phenolic OH excluding ortho intramolecular Hbond substituents is 2. The molecule has 0 saturated heterocycles. The van der Waals surface area contributed by atoms with Crippen molar-refractivity contribution < 1.29 is 15.0 Å². The third kappa shape index (κ3) is 12.3. The molecule has 0 atom stereocenters. The quantitative estimate of drug-likeness (QED) is 0.166. The minimum atomic E-state index is -0.107. The summed E-state index contributed by atoms with van der Waals surface area (Å²) in [7, 11) is 0. The maximum atomic E-state index is 11.9. The molecule has 4 heteroatoms. The first-order chi connectivity index (χ1) is 13.1. The fourth-order valence-electron chi connectivity index (χ4n) is 3.32. The van der Waals surface area contributed by atoms with Crippen molar-refractivity contribution in [3.05, 3.63) is 18.2 Å². The second-order valence-electron chi connectivity index (χ2n) is 7.60. The number of phenols is 2. The lowest BCUT2D eigenvalue weighted by atomic mass is 10.0. The molecule has 1 amide bonds. The second-order valence-corrected chi connectivity index (χ2v) is 7.60. The van der Waals surface area contributed by atoms with Crippen LogP contribution in [0.2, 0.25) is 0 Å². The van der Waals surface area contributed by atoms with E-state index in [1.54, 1.807) is 0 Å². The van der Waals surface area contributed by atoms with Crippen LogP contribution in [0.5, 0.6) is 11.5 Å². The number of carbonyl (C=O) groups is 1. The summed E-state index contributed by atoms with van der Waals surface area (Å²) in [5.41, 5.74) is 0.350. The topological polar surface area (TPSA) is 69.6 Å². The van der Waals surface area contributed by atoms with Gasteiger partial charge in [0.05, 0.1) is 5.69 Å². The van der Waals surface area contributed by atoms with E-state index in [0.717, 1.165) is 12.8 Å². The summed E-state index contributed by atoms with van der Waals surface area (Å²) in [5.74, 6) is -0.211. The van der Waals surface area contributed by atoms with Crippen molar-refractivity contribution in [1.29, 1.82) is 0 Å². The van der Waals surface area contributed by atoms with Crippen molar-refractivity contribution in [2.45, 2.75) is 103 Å². The van der Waals surface area contributed by atoms with E-state index in [9.17, 15) is 15.0 Å². The van der Waals surface area contributed by atoms with Gasteiger partial charge in [-0.05, 0) is 18.6 Å². The van der Waals surface area contributed by atoms with Crippen molar-refractivity contribution in [2.24, 2.45) is 0 Å². The first-order valence-corrected chi connectivity index (χ1v) is 11.0. The molecule has 1 aromatic rings. The fourth-order valence-corrected chi connectivity index (χ4v) is 3.32. The highest BCUT2D eigenvalue weighted by Crippen LogP contribution is 2.27. The van der Waals surface area contributed by atoms with E-state index >= 15 is 0 Å². The third-order valence-electron chi connectivity index (χ3n) is 5.01. The molecule has 0 aliphatic heterocycles. The van der Waals surface area contributed by atoms with Crippen LogP contribution in [0.3, 0.4) is 0 Å². The predicted molar refractivity (Wildman–Crippen MR) is 113 cm³/mol. The molecule has 1 rings (SSSR count). The zero-order valence-electron chi connectivity index (χ0n) is 17.1. The van der Waals surface area contributed by atoms with Crippen molar-refractivity contribution in [2.75, 3.05) is 5.32 Å². The van der Waals surface area contributed by atoms with Gasteiger partial charge in [0, 0.05) is 12.5 Å². The van der Waals surface area contributed by atoms with Crippen LogP contribution in [0.4, 0.5) is 5.69 Å². The number of benzene rings is 1. The van der Waals surface area contributed by atoms with E-state index in [1.807, 2.05) is 0 Å². The summed E-state index contributed by atoms with van der Waals surface area (Å²) in [5, 5.41) is 21.6. The van der Waals surface area contributed by atoms with Gasteiger partial charge in [-0.2, -0.15) is 0 Å². The first kappa shape index (κ1) is 23.3. The molecule has 154 valence electrons. The highest BCUT2D eigenvalue weighted by atomic mass is 16.3. The molecule has 4 nitrogen and oxygen atoms in total. The number of nitrogens with one attached hydrogen (secondary N) is 1. The molecular formula is C23H39NO3. The Bertz CT molecular complexity index is 516. The van der Waals surface area contributed by atoms with Crippen LogP contribution in [-0.2, 0) is 4.79 Å². The van der Waals surface area contributed by atoms with Crippen molar-refractivity contribution in [3.8, 4) is 11.5 Å². The van der Waals surface area contributed by atoms with Crippen molar-refractivity contribution in [1.82, 2.24) is 0 Å². The Labute approximate surface area is 165 Å². The van der Waals surface area contributed by atoms with Crippen LogP contribution >= 0.6 is 0 Å². The average Bonchev–Trinajstić information content (AvgIpc) is 2.64. The molecular weight excluding hydrogens is 338 g/mol. The number of amides is 1. The Kier molecular flexibility index (Phi) is 13.3. The van der Waals surface area contributed by atoms with Gasteiger partial charge >= 0.3 is 0 Å². The number of rotatable bonds is 16. The first-order valence-electron chi connectivity index (χ1n) is 11.0. The lowest BCUT2D eigenvalue weighted by Gasteiger charge is -2.07. The van der Waals surface area contributed by atoms with E-state index in [2.05, 4.69) is 12.2 Å². The van der Waals surface area contributed by atoms with Gasteiger partial charge in [0.2, 0.25) is 5.91 Å². The van der Waals surface area contributed by atoms with Crippen LogP contribution in [-0.4, -0.2) is 16.1 Å². The maximum absolute atomic E-state index is 11.9. The van der Waals surface area contributed by atoms with Crippen LogP contribution in [0, 0.1) is 0 Å². The number of aromatic hydroxyl groups is 2. The van der Waals surface area contributed by atoms with Crippen LogP contribution in [0.25, 0.3) is 0 Å². The Balaban J connectivity index is 1.89. The number of hydrogen-bond acceptors (Lipinski definition) is 3. The number of hydrogen-bond donors (Lipinski definition) is 3. The maximum Gasteiger partial charge on any atom is 0.224 e. The highest BCUT2D eigenvalue weighted by Gasteiger charge is 2.06. The fraction of sp³-hybridized carbons (Fsp3) is 0.696. The molecule has 0 bridgehead atoms. The lowest BCUT2D eigenvalue weighted by Crippen LogP contribution is -2.11. The molecule has 0 heterocycles. The summed E-state index contributed by atoms with van der Waals surface area (Å²) in [6, 6.07) is 4.18. The number of carbonyl (C=O) groups excluding carboxylic acids is 1. The normalized spacial score (nSPS) is 10.9. The van der Waals surface area contributed by atoms with Crippen molar-refractivity contribution >= 4 is 11.6 Å². The van der Waals surface area contributed by atoms with Crippen molar-refractivity contribution in [3.63, 3.8) is 0 Å². The number of unbranched alkanes of at least 4 members (excludes halogenated alkanes) is 13. The molecule has 0 unspecified atom stereocenters. The molecule has 0 aromatic heterocycles. The van der Waals surface area contributed by atoms with Gasteiger partial charge in [-0.3, -0.25) is 4.79 Å². The molecule has 3 N–H and O–H groups in total. The average molecular weight is 378 g/mol. The Hall–Kier alpha value is -1.71. The van der Waals surface area contributed by atoms with Crippen LogP contribution in [0.15, 0.2) is 18.2 Å². The van der Waals surface area contributed by atoms with E-state index in [1.165, 1.54) is 95.2 Å². The molecule has 0 spiro atoms. The highest BCUT2D eigenvalue weighted by molar-refractivity contribution is 5.92. The minimum Gasteiger partial charge on any atom is -0.508 e. The zero-order valence-corrected chi connectivity index (χ0v) is 17.1. The standard InChI is InChI=1S/C23H39NO3/c1-2-3-4-5-6-7-8-9-10-11-12-13-14-15-16-23(27)24-21-18-17-20(25)19-22(21)26/h17-19,25-26H,2-16H2,1H3,(H,24,27). The SMILES string of the molecule is CCCCCCCCCCCCCCCCC(=O)Nc1ccc(O)cc1O. The summed E-state index contributed by atoms with van der Waals surface area (Å²) >= 11 is 0. The van der Waals surface area contributed by atoms with Gasteiger partial charge in [-0.25, -0.2) is 0 Å². The minimum absolute atomic E-state index is 0.0162. The van der Waals surface area contributed by atoms with Crippen LogP contribution < -0.4 is 5.32 Å². The summed E-state index contributed by atoms with van der Waals surface area (Å²) in [4.78, 5) is 11.9. The summed E-state index contributed by atoms with van der Waals surface area (Å²) in [6.07, 6.45) is 18.6. The third-order valence-corrected chi connectivity index (χ3v) is 5.01. The smallest absolute Gasteiger partial charge is 0.224 e. The molecule has 0 radical (unpaired) electrons. The molecule has 0 aliphatic carbocycles. The van der Waals surface area contributed by atoms with Crippen LogP contribution in [0.1, 0.15) is 103 Å². The van der Waals surface area contributed by atoms with E-state index in [-0.39, 0.29) is 17.4 Å².